The second-order valence-electron chi connectivity index (χ2n) is 8.61. The molecule has 6 heteroatoms. The fourth-order valence-corrected chi connectivity index (χ4v) is 5.59. The van der Waals surface area contributed by atoms with E-state index in [0.717, 1.165) is 11.1 Å². The van der Waals surface area contributed by atoms with Gasteiger partial charge in [0, 0.05) is 19.6 Å². The van der Waals surface area contributed by atoms with Gasteiger partial charge in [-0.05, 0) is 37.1 Å². The van der Waals surface area contributed by atoms with Crippen LogP contribution < -0.4 is 0 Å². The molecule has 2 aromatic rings. The lowest BCUT2D eigenvalue weighted by molar-refractivity contribution is 0.0331. The van der Waals surface area contributed by atoms with Crippen LogP contribution in [-0.2, 0) is 21.2 Å². The van der Waals surface area contributed by atoms with Crippen molar-refractivity contribution in [1.29, 1.82) is 0 Å². The summed E-state index contributed by atoms with van der Waals surface area (Å²) in [6, 6.07) is 16.4. The van der Waals surface area contributed by atoms with E-state index in [2.05, 4.69) is 37.7 Å². The van der Waals surface area contributed by atoms with Crippen LogP contribution in [0.4, 0.5) is 0 Å². The summed E-state index contributed by atoms with van der Waals surface area (Å²) < 4.78 is 34.5. The minimum atomic E-state index is -3.85. The van der Waals surface area contributed by atoms with Gasteiger partial charge in [-0.2, -0.15) is 4.31 Å². The first kappa shape index (κ1) is 25.1. The Morgan fingerprint density at radius 3 is 2.23 bits per heavy atom. The number of hydrogen-bond acceptors (Lipinski definition) is 3. The zero-order valence-electron chi connectivity index (χ0n) is 19.1. The van der Waals surface area contributed by atoms with Gasteiger partial charge in [-0.15, -0.1) is 11.5 Å². The van der Waals surface area contributed by atoms with Crippen molar-refractivity contribution < 1.29 is 13.2 Å². The van der Waals surface area contributed by atoms with Gasteiger partial charge in [0.05, 0.1) is 4.90 Å². The van der Waals surface area contributed by atoms with E-state index in [4.69, 9.17) is 4.74 Å². The Kier molecular flexibility index (Phi) is 8.84. The van der Waals surface area contributed by atoms with Crippen molar-refractivity contribution in [3.05, 3.63) is 78.4 Å². The minimum Gasteiger partial charge on any atom is -0.362 e. The predicted molar refractivity (Wildman–Crippen MR) is 131 cm³/mol. The number of rotatable bonds is 9. The van der Waals surface area contributed by atoms with Gasteiger partial charge in [-0.3, -0.25) is 0 Å². The third-order valence-corrected chi connectivity index (χ3v) is 7.62. The summed E-state index contributed by atoms with van der Waals surface area (Å²) in [4.78, 5) is 0.234. The number of methoxy groups -OCH3 is 1. The first-order valence-corrected chi connectivity index (χ1v) is 15.3. The molecular weight excluding hydrogens is 422 g/mol. The summed E-state index contributed by atoms with van der Waals surface area (Å²) in [5.74, 6) is 3.28. The topological polar surface area (TPSA) is 46.6 Å². The maximum absolute atomic E-state index is 13.8. The standard InChI is InChI=1S/C25H33NO3SSi/c1-7-25(29-3)26(30(27,28)24-17-15-21(2)16-18-24)23(14-11-19-31(4,5)6)20-22-12-9-8-10-13-22/h7-10,12-13,15-18,23,25H,1,14,20H2,2-6H3/t23-,25+/m1/s1. The molecule has 0 aliphatic heterocycles. The van der Waals surface area contributed by atoms with E-state index < -0.39 is 30.4 Å². The van der Waals surface area contributed by atoms with E-state index in [1.165, 1.54) is 17.5 Å². The number of sulfonamides is 1. The molecule has 0 radical (unpaired) electrons. The van der Waals surface area contributed by atoms with Crippen LogP contribution in [-0.4, -0.2) is 40.2 Å². The molecule has 0 heterocycles. The average molecular weight is 456 g/mol. The Bertz CT molecular complexity index is 1020. The maximum Gasteiger partial charge on any atom is 0.245 e. The quantitative estimate of drug-likeness (QED) is 0.231. The molecule has 0 aliphatic carbocycles. The van der Waals surface area contributed by atoms with Gasteiger partial charge in [0.25, 0.3) is 0 Å². The smallest absolute Gasteiger partial charge is 0.245 e. The number of nitrogens with zero attached hydrogens (tertiary/aromatic N) is 1. The summed E-state index contributed by atoms with van der Waals surface area (Å²) in [7, 11) is -3.94. The second-order valence-corrected chi connectivity index (χ2v) is 15.2. The average Bonchev–Trinajstić information content (AvgIpc) is 2.71. The molecule has 0 fully saturated rings. The molecular formula is C25H33NO3SSi. The molecule has 0 bridgehead atoms. The van der Waals surface area contributed by atoms with E-state index >= 15 is 0 Å². The van der Waals surface area contributed by atoms with Crippen molar-refractivity contribution in [2.45, 2.75) is 56.6 Å². The Balaban J connectivity index is 2.57. The van der Waals surface area contributed by atoms with E-state index in [-0.39, 0.29) is 4.90 Å². The van der Waals surface area contributed by atoms with Gasteiger partial charge >= 0.3 is 0 Å². The summed E-state index contributed by atoms with van der Waals surface area (Å²) in [5.41, 5.74) is 5.41. The minimum absolute atomic E-state index is 0.234. The lowest BCUT2D eigenvalue weighted by Crippen LogP contribution is -2.48. The van der Waals surface area contributed by atoms with Gasteiger partial charge in [0.1, 0.15) is 14.3 Å². The van der Waals surface area contributed by atoms with Crippen molar-refractivity contribution in [2.24, 2.45) is 0 Å². The molecule has 4 nitrogen and oxygen atoms in total. The van der Waals surface area contributed by atoms with Crippen LogP contribution in [0.2, 0.25) is 19.6 Å². The third-order valence-electron chi connectivity index (χ3n) is 4.77. The maximum atomic E-state index is 13.8. The van der Waals surface area contributed by atoms with Gasteiger partial charge < -0.3 is 4.74 Å². The summed E-state index contributed by atoms with van der Waals surface area (Å²) in [6.45, 7) is 12.3. The van der Waals surface area contributed by atoms with E-state index in [0.29, 0.717) is 12.8 Å². The number of aryl methyl sites for hydroxylation is 1. The Morgan fingerprint density at radius 2 is 1.71 bits per heavy atom. The van der Waals surface area contributed by atoms with Crippen LogP contribution >= 0.6 is 0 Å². The molecule has 166 valence electrons. The van der Waals surface area contributed by atoms with Gasteiger partial charge in [0.2, 0.25) is 10.0 Å². The van der Waals surface area contributed by atoms with Crippen LogP contribution in [0.3, 0.4) is 0 Å². The fraction of sp³-hybridized carbons (Fsp3) is 0.360. The van der Waals surface area contributed by atoms with Crippen molar-refractivity contribution in [1.82, 2.24) is 4.31 Å². The van der Waals surface area contributed by atoms with E-state index in [1.54, 1.807) is 24.3 Å². The molecule has 0 amide bonds. The third kappa shape index (κ3) is 7.18. The lowest BCUT2D eigenvalue weighted by atomic mass is 10.0. The van der Waals surface area contributed by atoms with Crippen molar-refractivity contribution in [3.63, 3.8) is 0 Å². The van der Waals surface area contributed by atoms with Gasteiger partial charge in [0.15, 0.2) is 0 Å². The van der Waals surface area contributed by atoms with Crippen LogP contribution in [0.15, 0.2) is 72.1 Å². The molecule has 31 heavy (non-hydrogen) atoms. The molecule has 0 aromatic heterocycles. The normalized spacial score (nSPS) is 13.9. The van der Waals surface area contributed by atoms with Crippen LogP contribution in [0.1, 0.15) is 17.5 Å². The number of hydrogen-bond donors (Lipinski definition) is 0. The van der Waals surface area contributed by atoms with Crippen LogP contribution in [0, 0.1) is 18.4 Å². The first-order valence-electron chi connectivity index (χ1n) is 10.4. The molecule has 0 saturated carbocycles. The molecule has 0 aliphatic rings. The largest absolute Gasteiger partial charge is 0.362 e. The van der Waals surface area contributed by atoms with Gasteiger partial charge in [-0.25, -0.2) is 8.42 Å². The highest BCUT2D eigenvalue weighted by atomic mass is 32.2. The molecule has 0 saturated heterocycles. The number of ether oxygens (including phenoxy) is 1. The summed E-state index contributed by atoms with van der Waals surface area (Å²) >= 11 is 0. The zero-order valence-corrected chi connectivity index (χ0v) is 20.9. The zero-order chi connectivity index (χ0) is 23.1. The highest BCUT2D eigenvalue weighted by Gasteiger charge is 2.36. The fourth-order valence-electron chi connectivity index (χ4n) is 3.25. The summed E-state index contributed by atoms with van der Waals surface area (Å²) in [5, 5.41) is 0. The van der Waals surface area contributed by atoms with Crippen LogP contribution in [0.5, 0.6) is 0 Å². The second kappa shape index (κ2) is 10.9. The molecule has 2 aromatic carbocycles. The van der Waals surface area contributed by atoms with Crippen molar-refractivity contribution in [3.8, 4) is 11.5 Å². The van der Waals surface area contributed by atoms with Crippen molar-refractivity contribution >= 4 is 18.1 Å². The Hall–Kier alpha value is -2.17. The molecule has 0 N–H and O–H groups in total. The summed E-state index contributed by atoms with van der Waals surface area (Å²) in [6.07, 6.45) is 1.67. The number of benzene rings is 2. The molecule has 2 rings (SSSR count). The van der Waals surface area contributed by atoms with Crippen LogP contribution in [0.25, 0.3) is 0 Å². The van der Waals surface area contributed by atoms with Gasteiger partial charge in [-0.1, -0.05) is 74.2 Å². The van der Waals surface area contributed by atoms with Crippen molar-refractivity contribution in [2.75, 3.05) is 7.11 Å². The molecule has 0 spiro atoms. The molecule has 2 atom stereocenters. The first-order chi connectivity index (χ1) is 14.6. The Labute approximate surface area is 189 Å². The van der Waals surface area contributed by atoms with E-state index in [9.17, 15) is 8.42 Å². The monoisotopic (exact) mass is 455 g/mol. The highest BCUT2D eigenvalue weighted by molar-refractivity contribution is 7.89. The SMILES string of the molecule is C=C[C@H](OC)N([C@H](CC#C[Si](C)(C)C)Cc1ccccc1)S(=O)(=O)c1ccc(C)cc1. The Morgan fingerprint density at radius 1 is 1.10 bits per heavy atom. The predicted octanol–water partition coefficient (Wildman–Crippen LogP) is 5.03. The lowest BCUT2D eigenvalue weighted by Gasteiger charge is -2.34. The highest BCUT2D eigenvalue weighted by Crippen LogP contribution is 2.26. The van der Waals surface area contributed by atoms with E-state index in [1.807, 2.05) is 37.3 Å². The molecule has 0 unspecified atom stereocenters.